The van der Waals surface area contributed by atoms with Crippen molar-refractivity contribution in [3.8, 4) is 0 Å². The molecule has 0 bridgehead atoms. The summed E-state index contributed by atoms with van der Waals surface area (Å²) >= 11 is 1.57. The number of thiophene rings is 1. The molecule has 1 aromatic rings. The van der Waals surface area contributed by atoms with Gasteiger partial charge in [0.05, 0.1) is 6.04 Å². The van der Waals surface area contributed by atoms with E-state index in [0.29, 0.717) is 0 Å². The fourth-order valence-electron chi connectivity index (χ4n) is 1.84. The first-order valence-electron chi connectivity index (χ1n) is 6.59. The Morgan fingerprint density at radius 2 is 2.00 bits per heavy atom. The highest BCUT2D eigenvalue weighted by Crippen LogP contribution is 2.22. The lowest BCUT2D eigenvalue weighted by atomic mass is 9.87. The second-order valence-corrected chi connectivity index (χ2v) is 6.71. The van der Waals surface area contributed by atoms with Crippen LogP contribution in [-0.2, 0) is 4.79 Å². The number of urea groups is 1. The Bertz CT molecular complexity index is 451. The predicted octanol–water partition coefficient (Wildman–Crippen LogP) is 3.00. The third-order valence-electron chi connectivity index (χ3n) is 2.99. The predicted molar refractivity (Wildman–Crippen MR) is 79.9 cm³/mol. The van der Waals surface area contributed by atoms with Crippen molar-refractivity contribution >= 4 is 23.3 Å². The molecule has 1 heterocycles. The van der Waals surface area contributed by atoms with Crippen molar-refractivity contribution in [3.05, 3.63) is 22.4 Å². The van der Waals surface area contributed by atoms with Gasteiger partial charge in [-0.1, -0.05) is 33.8 Å². The molecule has 0 saturated heterocycles. The molecule has 2 amide bonds. The lowest BCUT2D eigenvalue weighted by Gasteiger charge is -2.28. The number of hydrogen-bond acceptors (Lipinski definition) is 3. The van der Waals surface area contributed by atoms with Gasteiger partial charge in [0.25, 0.3) is 0 Å². The smallest absolute Gasteiger partial charge is 0.326 e. The molecule has 5 nitrogen and oxygen atoms in total. The van der Waals surface area contributed by atoms with E-state index < -0.39 is 23.5 Å². The fourth-order valence-corrected chi connectivity index (χ4v) is 2.70. The number of carboxylic acids is 1. The lowest BCUT2D eigenvalue weighted by Crippen LogP contribution is -2.52. The van der Waals surface area contributed by atoms with Gasteiger partial charge in [0.1, 0.15) is 6.04 Å². The van der Waals surface area contributed by atoms with Crippen LogP contribution in [0.1, 0.15) is 45.0 Å². The van der Waals surface area contributed by atoms with E-state index in [1.54, 1.807) is 32.1 Å². The van der Waals surface area contributed by atoms with Gasteiger partial charge in [-0.3, -0.25) is 0 Å². The molecule has 2 atom stereocenters. The van der Waals surface area contributed by atoms with E-state index in [9.17, 15) is 14.7 Å². The quantitative estimate of drug-likeness (QED) is 0.782. The third kappa shape index (κ3) is 4.52. The van der Waals surface area contributed by atoms with E-state index in [0.717, 1.165) is 11.3 Å². The monoisotopic (exact) mass is 298 g/mol. The molecule has 0 aromatic carbocycles. The Labute approximate surface area is 123 Å². The third-order valence-corrected chi connectivity index (χ3v) is 3.97. The Kier molecular flexibility index (Phi) is 5.56. The molecule has 0 aliphatic carbocycles. The summed E-state index contributed by atoms with van der Waals surface area (Å²) in [6.45, 7) is 7.32. The highest BCUT2D eigenvalue weighted by Gasteiger charge is 2.33. The standard InChI is InChI=1S/C14H22N2O3S/c1-5-9(10-7-6-8-20-10)15-13(19)16-11(12(17)18)14(2,3)4/h6-9,11H,5H2,1-4H3,(H,17,18)(H2,15,16,19). The number of carbonyl (C=O) groups is 2. The van der Waals surface area contributed by atoms with Gasteiger partial charge >= 0.3 is 12.0 Å². The normalized spacial score (nSPS) is 14.4. The van der Waals surface area contributed by atoms with Crippen LogP contribution in [0.25, 0.3) is 0 Å². The van der Waals surface area contributed by atoms with Crippen LogP contribution >= 0.6 is 11.3 Å². The first kappa shape index (κ1) is 16.5. The van der Waals surface area contributed by atoms with Crippen LogP contribution in [0.2, 0.25) is 0 Å². The number of hydrogen-bond donors (Lipinski definition) is 3. The van der Waals surface area contributed by atoms with E-state index >= 15 is 0 Å². The van der Waals surface area contributed by atoms with E-state index in [1.807, 2.05) is 24.4 Å². The SMILES string of the molecule is CCC(NC(=O)NC(C(=O)O)C(C)(C)C)c1cccs1. The van der Waals surface area contributed by atoms with Crippen LogP contribution in [0.3, 0.4) is 0 Å². The maximum absolute atomic E-state index is 12.0. The summed E-state index contributed by atoms with van der Waals surface area (Å²) in [6, 6.07) is 2.41. The summed E-state index contributed by atoms with van der Waals surface area (Å²) in [7, 11) is 0. The number of nitrogens with one attached hydrogen (secondary N) is 2. The number of carboxylic acid groups (broad SMARTS) is 1. The molecule has 112 valence electrons. The summed E-state index contributed by atoms with van der Waals surface area (Å²) in [5, 5.41) is 16.5. The summed E-state index contributed by atoms with van der Waals surface area (Å²) in [6.07, 6.45) is 0.751. The zero-order valence-electron chi connectivity index (χ0n) is 12.3. The van der Waals surface area contributed by atoms with Gasteiger partial charge in [-0.2, -0.15) is 0 Å². The van der Waals surface area contributed by atoms with Crippen molar-refractivity contribution in [2.24, 2.45) is 5.41 Å². The zero-order valence-corrected chi connectivity index (χ0v) is 13.1. The molecule has 0 fully saturated rings. The van der Waals surface area contributed by atoms with Gasteiger partial charge in [-0.15, -0.1) is 11.3 Å². The molecule has 0 aliphatic rings. The first-order chi connectivity index (χ1) is 9.25. The maximum Gasteiger partial charge on any atom is 0.326 e. The second kappa shape index (κ2) is 6.74. The minimum atomic E-state index is -1.03. The van der Waals surface area contributed by atoms with E-state index in [-0.39, 0.29) is 6.04 Å². The molecule has 0 aliphatic heterocycles. The number of aliphatic carboxylic acids is 1. The Morgan fingerprint density at radius 3 is 2.40 bits per heavy atom. The van der Waals surface area contributed by atoms with Crippen molar-refractivity contribution in [1.29, 1.82) is 0 Å². The average molecular weight is 298 g/mol. The molecule has 0 spiro atoms. The minimum Gasteiger partial charge on any atom is -0.480 e. The van der Waals surface area contributed by atoms with Crippen LogP contribution < -0.4 is 10.6 Å². The molecule has 6 heteroatoms. The molecule has 3 N–H and O–H groups in total. The van der Waals surface area contributed by atoms with Crippen molar-refractivity contribution < 1.29 is 14.7 Å². The zero-order chi connectivity index (χ0) is 15.3. The van der Waals surface area contributed by atoms with Gasteiger partial charge in [-0.25, -0.2) is 9.59 Å². The largest absolute Gasteiger partial charge is 0.480 e. The van der Waals surface area contributed by atoms with Gasteiger partial charge in [0.2, 0.25) is 0 Å². The maximum atomic E-state index is 12.0. The van der Waals surface area contributed by atoms with Gasteiger partial charge in [0, 0.05) is 4.88 Å². The molecular weight excluding hydrogens is 276 g/mol. The summed E-state index contributed by atoms with van der Waals surface area (Å²) in [5.74, 6) is -1.03. The number of rotatable bonds is 5. The lowest BCUT2D eigenvalue weighted by molar-refractivity contribution is -0.141. The minimum absolute atomic E-state index is 0.0931. The molecule has 20 heavy (non-hydrogen) atoms. The first-order valence-corrected chi connectivity index (χ1v) is 7.47. The van der Waals surface area contributed by atoms with Crippen LogP contribution in [0, 0.1) is 5.41 Å². The highest BCUT2D eigenvalue weighted by atomic mass is 32.1. The number of carbonyl (C=O) groups excluding carboxylic acids is 1. The van der Waals surface area contributed by atoms with Gasteiger partial charge < -0.3 is 15.7 Å². The van der Waals surface area contributed by atoms with Crippen LogP contribution in [0.15, 0.2) is 17.5 Å². The Hall–Kier alpha value is -1.56. The van der Waals surface area contributed by atoms with Crippen molar-refractivity contribution in [1.82, 2.24) is 10.6 Å². The summed E-state index contributed by atoms with van der Waals surface area (Å²) in [5.41, 5.74) is -0.548. The second-order valence-electron chi connectivity index (χ2n) is 5.73. The van der Waals surface area contributed by atoms with E-state index in [1.165, 1.54) is 0 Å². The number of amides is 2. The molecule has 1 rings (SSSR count). The molecule has 0 saturated carbocycles. The summed E-state index contributed by atoms with van der Waals surface area (Å²) < 4.78 is 0. The molecular formula is C14H22N2O3S. The van der Waals surface area contributed by atoms with Crippen LogP contribution in [0.4, 0.5) is 4.79 Å². The van der Waals surface area contributed by atoms with Gasteiger partial charge in [-0.05, 0) is 23.3 Å². The average Bonchev–Trinajstić information content (AvgIpc) is 2.84. The highest BCUT2D eigenvalue weighted by molar-refractivity contribution is 7.10. The Balaban J connectivity index is 2.68. The van der Waals surface area contributed by atoms with E-state index in [2.05, 4.69) is 10.6 Å². The van der Waals surface area contributed by atoms with Crippen molar-refractivity contribution in [3.63, 3.8) is 0 Å². The van der Waals surface area contributed by atoms with Crippen LogP contribution in [0.5, 0.6) is 0 Å². The topological polar surface area (TPSA) is 78.4 Å². The van der Waals surface area contributed by atoms with Crippen molar-refractivity contribution in [2.45, 2.75) is 46.2 Å². The molecule has 0 radical (unpaired) electrons. The summed E-state index contributed by atoms with van der Waals surface area (Å²) in [4.78, 5) is 24.3. The van der Waals surface area contributed by atoms with Crippen molar-refractivity contribution in [2.75, 3.05) is 0 Å². The van der Waals surface area contributed by atoms with Gasteiger partial charge in [0.15, 0.2) is 0 Å². The van der Waals surface area contributed by atoms with Crippen LogP contribution in [-0.4, -0.2) is 23.1 Å². The molecule has 1 aromatic heterocycles. The van der Waals surface area contributed by atoms with E-state index in [4.69, 9.17) is 0 Å². The molecule has 2 unspecified atom stereocenters. The fraction of sp³-hybridized carbons (Fsp3) is 0.571. The Morgan fingerprint density at radius 1 is 1.35 bits per heavy atom.